The first-order valence-electron chi connectivity index (χ1n) is 5.82. The van der Waals surface area contributed by atoms with E-state index in [1.807, 2.05) is 36.4 Å². The minimum absolute atomic E-state index is 0.282. The van der Waals surface area contributed by atoms with Gasteiger partial charge >= 0.3 is 5.63 Å². The standard InChI is InChI=1S/C15H11NO3/c1-18-13-8-7-11-9-12(10-5-3-2-4-6-10)15(17)19-14(11)16-13/h2-9H,1H3. The second-order valence-corrected chi connectivity index (χ2v) is 4.06. The first-order valence-corrected chi connectivity index (χ1v) is 5.82. The van der Waals surface area contributed by atoms with Crippen LogP contribution in [-0.4, -0.2) is 12.1 Å². The third-order valence-electron chi connectivity index (χ3n) is 2.87. The highest BCUT2D eigenvalue weighted by Crippen LogP contribution is 2.21. The van der Waals surface area contributed by atoms with Gasteiger partial charge in [-0.3, -0.25) is 0 Å². The van der Waals surface area contributed by atoms with Gasteiger partial charge in [-0.1, -0.05) is 30.3 Å². The smallest absolute Gasteiger partial charge is 0.345 e. The molecule has 0 radical (unpaired) electrons. The van der Waals surface area contributed by atoms with Crippen LogP contribution in [0, 0.1) is 0 Å². The number of ether oxygens (including phenoxy) is 1. The summed E-state index contributed by atoms with van der Waals surface area (Å²) in [5, 5.41) is 0.763. The van der Waals surface area contributed by atoms with Crippen molar-refractivity contribution in [1.82, 2.24) is 4.98 Å². The van der Waals surface area contributed by atoms with E-state index in [1.165, 1.54) is 7.11 Å². The fourth-order valence-electron chi connectivity index (χ4n) is 1.92. The molecule has 0 aliphatic heterocycles. The summed E-state index contributed by atoms with van der Waals surface area (Å²) in [6.07, 6.45) is 0. The molecule has 0 saturated heterocycles. The van der Waals surface area contributed by atoms with Crippen LogP contribution in [-0.2, 0) is 0 Å². The average Bonchev–Trinajstić information content (AvgIpc) is 2.47. The molecule has 0 spiro atoms. The molecule has 0 aliphatic rings. The highest BCUT2D eigenvalue weighted by atomic mass is 16.5. The summed E-state index contributed by atoms with van der Waals surface area (Å²) in [6.45, 7) is 0. The van der Waals surface area contributed by atoms with E-state index in [4.69, 9.17) is 9.15 Å². The van der Waals surface area contributed by atoms with Gasteiger partial charge in [0, 0.05) is 11.5 Å². The molecule has 0 aliphatic carbocycles. The molecule has 2 heterocycles. The third-order valence-corrected chi connectivity index (χ3v) is 2.87. The van der Waals surface area contributed by atoms with Crippen LogP contribution < -0.4 is 10.4 Å². The molecule has 0 unspecified atom stereocenters. The van der Waals surface area contributed by atoms with Crippen molar-refractivity contribution in [3.63, 3.8) is 0 Å². The first kappa shape index (κ1) is 11.5. The molecule has 3 aromatic rings. The third kappa shape index (κ3) is 2.08. The van der Waals surface area contributed by atoms with E-state index in [1.54, 1.807) is 12.1 Å². The zero-order valence-corrected chi connectivity index (χ0v) is 10.3. The number of methoxy groups -OCH3 is 1. The maximum absolute atomic E-state index is 12.0. The van der Waals surface area contributed by atoms with Crippen molar-refractivity contribution < 1.29 is 9.15 Å². The van der Waals surface area contributed by atoms with Crippen LogP contribution in [0.25, 0.3) is 22.2 Å². The molecular weight excluding hydrogens is 242 g/mol. The molecule has 0 fully saturated rings. The molecule has 0 bridgehead atoms. The van der Waals surface area contributed by atoms with Crippen LogP contribution in [0.4, 0.5) is 0 Å². The van der Waals surface area contributed by atoms with Crippen molar-refractivity contribution in [1.29, 1.82) is 0 Å². The fraction of sp³-hybridized carbons (Fsp3) is 0.0667. The van der Waals surface area contributed by atoms with Crippen LogP contribution in [0.3, 0.4) is 0 Å². The lowest BCUT2D eigenvalue weighted by Crippen LogP contribution is -2.03. The number of hydrogen-bond acceptors (Lipinski definition) is 4. The second kappa shape index (κ2) is 4.57. The Bertz CT molecular complexity index is 778. The van der Waals surface area contributed by atoms with Gasteiger partial charge < -0.3 is 9.15 Å². The SMILES string of the molecule is COc1ccc2cc(-c3ccccc3)c(=O)oc2n1. The molecular formula is C15H11NO3. The zero-order valence-electron chi connectivity index (χ0n) is 10.3. The zero-order chi connectivity index (χ0) is 13.2. The van der Waals surface area contributed by atoms with E-state index in [0.29, 0.717) is 11.4 Å². The van der Waals surface area contributed by atoms with Gasteiger partial charge in [0.25, 0.3) is 0 Å². The van der Waals surface area contributed by atoms with Crippen LogP contribution >= 0.6 is 0 Å². The maximum atomic E-state index is 12.0. The predicted molar refractivity (Wildman–Crippen MR) is 72.3 cm³/mol. The van der Waals surface area contributed by atoms with Crippen molar-refractivity contribution in [3.8, 4) is 17.0 Å². The Kier molecular flexibility index (Phi) is 2.76. The Morgan fingerprint density at radius 2 is 1.89 bits per heavy atom. The average molecular weight is 253 g/mol. The van der Waals surface area contributed by atoms with Crippen LogP contribution in [0.5, 0.6) is 5.88 Å². The van der Waals surface area contributed by atoms with Gasteiger partial charge in [0.2, 0.25) is 11.6 Å². The van der Waals surface area contributed by atoms with Crippen molar-refractivity contribution in [2.75, 3.05) is 7.11 Å². The minimum atomic E-state index is -0.403. The van der Waals surface area contributed by atoms with Gasteiger partial charge in [0.15, 0.2) is 0 Å². The molecule has 0 amide bonds. The molecule has 4 heteroatoms. The number of benzene rings is 1. The lowest BCUT2D eigenvalue weighted by Gasteiger charge is -2.03. The summed E-state index contributed by atoms with van der Waals surface area (Å²) >= 11 is 0. The molecule has 0 saturated carbocycles. The lowest BCUT2D eigenvalue weighted by atomic mass is 10.1. The van der Waals surface area contributed by atoms with E-state index in [2.05, 4.69) is 4.98 Å². The summed E-state index contributed by atoms with van der Waals surface area (Å²) in [7, 11) is 1.52. The summed E-state index contributed by atoms with van der Waals surface area (Å²) in [4.78, 5) is 16.1. The van der Waals surface area contributed by atoms with E-state index in [-0.39, 0.29) is 5.71 Å². The Morgan fingerprint density at radius 3 is 2.63 bits per heavy atom. The van der Waals surface area contributed by atoms with Crippen molar-refractivity contribution >= 4 is 11.1 Å². The largest absolute Gasteiger partial charge is 0.481 e. The normalized spacial score (nSPS) is 10.6. The van der Waals surface area contributed by atoms with Crippen molar-refractivity contribution in [2.24, 2.45) is 0 Å². The number of fused-ring (bicyclic) bond motifs is 1. The second-order valence-electron chi connectivity index (χ2n) is 4.06. The number of nitrogens with zero attached hydrogens (tertiary/aromatic N) is 1. The molecule has 2 aromatic heterocycles. The molecule has 1 aromatic carbocycles. The van der Waals surface area contributed by atoms with Crippen LogP contribution in [0.2, 0.25) is 0 Å². The quantitative estimate of drug-likeness (QED) is 0.704. The highest BCUT2D eigenvalue weighted by molar-refractivity contribution is 5.79. The molecule has 4 nitrogen and oxygen atoms in total. The summed E-state index contributed by atoms with van der Waals surface area (Å²) < 4.78 is 10.2. The first-order chi connectivity index (χ1) is 9.28. The Hall–Kier alpha value is -2.62. The van der Waals surface area contributed by atoms with Crippen LogP contribution in [0.15, 0.2) is 57.7 Å². The Labute approximate surface area is 109 Å². The summed E-state index contributed by atoms with van der Waals surface area (Å²) in [5.41, 5.74) is 1.23. The fourth-order valence-corrected chi connectivity index (χ4v) is 1.92. The van der Waals surface area contributed by atoms with Crippen molar-refractivity contribution in [3.05, 3.63) is 59.0 Å². The molecule has 0 N–H and O–H groups in total. The van der Waals surface area contributed by atoms with Gasteiger partial charge in [-0.2, -0.15) is 4.98 Å². The maximum Gasteiger partial charge on any atom is 0.345 e. The summed E-state index contributed by atoms with van der Waals surface area (Å²) in [6, 6.07) is 14.7. The summed E-state index contributed by atoms with van der Waals surface area (Å²) in [5.74, 6) is 0.420. The predicted octanol–water partition coefficient (Wildman–Crippen LogP) is 2.86. The van der Waals surface area contributed by atoms with Crippen LogP contribution in [0.1, 0.15) is 0 Å². The van der Waals surface area contributed by atoms with Gasteiger partial charge in [-0.15, -0.1) is 0 Å². The molecule has 0 atom stereocenters. The van der Waals surface area contributed by atoms with Gasteiger partial charge in [-0.05, 0) is 17.7 Å². The van der Waals surface area contributed by atoms with E-state index >= 15 is 0 Å². The van der Waals surface area contributed by atoms with Gasteiger partial charge in [-0.25, -0.2) is 4.79 Å². The number of rotatable bonds is 2. The minimum Gasteiger partial charge on any atom is -0.481 e. The Balaban J connectivity index is 2.23. The molecule has 19 heavy (non-hydrogen) atoms. The lowest BCUT2D eigenvalue weighted by molar-refractivity contribution is 0.396. The highest BCUT2D eigenvalue weighted by Gasteiger charge is 2.08. The van der Waals surface area contributed by atoms with Gasteiger partial charge in [0.1, 0.15) is 0 Å². The monoisotopic (exact) mass is 253 g/mol. The van der Waals surface area contributed by atoms with E-state index in [0.717, 1.165) is 10.9 Å². The number of pyridine rings is 1. The topological polar surface area (TPSA) is 52.3 Å². The number of aromatic nitrogens is 1. The molecule has 3 rings (SSSR count). The van der Waals surface area contributed by atoms with E-state index < -0.39 is 5.63 Å². The van der Waals surface area contributed by atoms with E-state index in [9.17, 15) is 4.79 Å². The number of hydrogen-bond donors (Lipinski definition) is 0. The molecule has 94 valence electrons. The Morgan fingerprint density at radius 1 is 1.11 bits per heavy atom. The van der Waals surface area contributed by atoms with Gasteiger partial charge in [0.05, 0.1) is 12.7 Å². The van der Waals surface area contributed by atoms with Crippen molar-refractivity contribution in [2.45, 2.75) is 0 Å².